The third-order valence-electron chi connectivity index (χ3n) is 4.32. The molecule has 1 aliphatic heterocycles. The third-order valence-corrected chi connectivity index (χ3v) is 5.02. The van der Waals surface area contributed by atoms with Crippen molar-refractivity contribution in [3.05, 3.63) is 54.2 Å². The largest absolute Gasteiger partial charge is 0.299 e. The fourth-order valence-corrected chi connectivity index (χ4v) is 3.60. The normalized spacial score (nSPS) is 18.8. The van der Waals surface area contributed by atoms with Gasteiger partial charge >= 0.3 is 0 Å². The van der Waals surface area contributed by atoms with Crippen molar-refractivity contribution < 1.29 is 8.42 Å². The molecule has 3 rings (SSSR count). The lowest BCUT2D eigenvalue weighted by molar-refractivity contribution is 0.316. The van der Waals surface area contributed by atoms with E-state index < -0.39 is 10.0 Å². The van der Waals surface area contributed by atoms with E-state index in [0.717, 1.165) is 37.3 Å². The minimum atomic E-state index is -3.09. The number of aromatic nitrogens is 1. The summed E-state index contributed by atoms with van der Waals surface area (Å²) >= 11 is 0. The number of sulfonamides is 1. The Morgan fingerprint density at radius 1 is 1.21 bits per heavy atom. The summed E-state index contributed by atoms with van der Waals surface area (Å²) in [4.78, 5) is 6.75. The Morgan fingerprint density at radius 3 is 2.67 bits per heavy atom. The van der Waals surface area contributed by atoms with Crippen molar-refractivity contribution in [2.75, 3.05) is 25.9 Å². The van der Waals surface area contributed by atoms with Gasteiger partial charge in [-0.1, -0.05) is 30.3 Å². The average Bonchev–Trinajstić information content (AvgIpc) is 3.01. The molecule has 1 aromatic heterocycles. The van der Waals surface area contributed by atoms with Crippen LogP contribution in [-0.4, -0.2) is 44.2 Å². The average molecular weight is 345 g/mol. The van der Waals surface area contributed by atoms with Crippen molar-refractivity contribution in [3.8, 4) is 11.3 Å². The Bertz CT molecular complexity index is 761. The molecule has 1 aliphatic rings. The predicted molar refractivity (Wildman–Crippen MR) is 95.9 cm³/mol. The highest BCUT2D eigenvalue weighted by Gasteiger charge is 2.23. The molecule has 128 valence electrons. The maximum atomic E-state index is 11.2. The zero-order valence-corrected chi connectivity index (χ0v) is 14.7. The van der Waals surface area contributed by atoms with E-state index in [1.54, 1.807) is 6.20 Å². The van der Waals surface area contributed by atoms with Crippen LogP contribution in [-0.2, 0) is 16.6 Å². The van der Waals surface area contributed by atoms with Crippen LogP contribution in [0.3, 0.4) is 0 Å². The van der Waals surface area contributed by atoms with E-state index in [1.807, 2.05) is 18.2 Å². The minimum absolute atomic E-state index is 0.396. The summed E-state index contributed by atoms with van der Waals surface area (Å²) in [6.07, 6.45) is 4.05. The molecule has 0 saturated carbocycles. The first-order valence-corrected chi connectivity index (χ1v) is 10.1. The molecule has 6 heteroatoms. The molecule has 1 unspecified atom stereocenters. The first-order chi connectivity index (χ1) is 11.5. The highest BCUT2D eigenvalue weighted by molar-refractivity contribution is 7.88. The van der Waals surface area contributed by atoms with Crippen LogP contribution in [0.2, 0.25) is 0 Å². The lowest BCUT2D eigenvalue weighted by Gasteiger charge is -2.16. The van der Waals surface area contributed by atoms with Crippen molar-refractivity contribution in [3.63, 3.8) is 0 Å². The van der Waals surface area contributed by atoms with Gasteiger partial charge in [0.1, 0.15) is 0 Å². The number of pyridine rings is 1. The van der Waals surface area contributed by atoms with Gasteiger partial charge in [0.25, 0.3) is 0 Å². The van der Waals surface area contributed by atoms with Crippen molar-refractivity contribution in [2.24, 2.45) is 5.92 Å². The van der Waals surface area contributed by atoms with Crippen LogP contribution in [0.25, 0.3) is 11.3 Å². The van der Waals surface area contributed by atoms with E-state index in [2.05, 4.69) is 38.9 Å². The van der Waals surface area contributed by atoms with Gasteiger partial charge in [-0.2, -0.15) is 0 Å². The van der Waals surface area contributed by atoms with Crippen molar-refractivity contribution >= 4 is 10.0 Å². The van der Waals surface area contributed by atoms with Crippen LogP contribution in [0.5, 0.6) is 0 Å². The van der Waals surface area contributed by atoms with E-state index >= 15 is 0 Å². The fourth-order valence-electron chi connectivity index (χ4n) is 3.06. The molecule has 24 heavy (non-hydrogen) atoms. The molecular weight excluding hydrogens is 322 g/mol. The molecule has 1 saturated heterocycles. The second-order valence-corrected chi connectivity index (χ2v) is 8.26. The second-order valence-electron chi connectivity index (χ2n) is 6.42. The van der Waals surface area contributed by atoms with Crippen LogP contribution < -0.4 is 4.72 Å². The highest BCUT2D eigenvalue weighted by atomic mass is 32.2. The summed E-state index contributed by atoms with van der Waals surface area (Å²) in [6, 6.07) is 14.4. The summed E-state index contributed by atoms with van der Waals surface area (Å²) in [5, 5.41) is 0. The summed E-state index contributed by atoms with van der Waals surface area (Å²) in [7, 11) is -3.09. The van der Waals surface area contributed by atoms with Gasteiger partial charge in [0.2, 0.25) is 10.0 Å². The molecule has 0 amide bonds. The number of likely N-dealkylation sites (tertiary alicyclic amines) is 1. The molecule has 1 aromatic carbocycles. The number of nitrogens with one attached hydrogen (secondary N) is 1. The number of nitrogens with zero attached hydrogens (tertiary/aromatic N) is 2. The van der Waals surface area contributed by atoms with Gasteiger partial charge in [-0.05, 0) is 36.6 Å². The van der Waals surface area contributed by atoms with E-state index in [1.165, 1.54) is 11.8 Å². The molecule has 0 radical (unpaired) electrons. The Kier molecular flexibility index (Phi) is 5.28. The number of hydrogen-bond acceptors (Lipinski definition) is 4. The maximum Gasteiger partial charge on any atom is 0.208 e. The van der Waals surface area contributed by atoms with Crippen LogP contribution in [0.1, 0.15) is 12.0 Å². The molecule has 0 bridgehead atoms. The van der Waals surface area contributed by atoms with Crippen molar-refractivity contribution in [1.82, 2.24) is 14.6 Å². The van der Waals surface area contributed by atoms with Gasteiger partial charge in [-0.25, -0.2) is 13.1 Å². The molecule has 0 spiro atoms. The van der Waals surface area contributed by atoms with Gasteiger partial charge in [0, 0.05) is 31.4 Å². The van der Waals surface area contributed by atoms with Crippen LogP contribution >= 0.6 is 0 Å². The summed E-state index contributed by atoms with van der Waals surface area (Å²) in [6.45, 7) is 3.38. The quantitative estimate of drug-likeness (QED) is 0.871. The van der Waals surface area contributed by atoms with E-state index in [4.69, 9.17) is 0 Å². The third kappa shape index (κ3) is 4.87. The Balaban J connectivity index is 1.54. The van der Waals surface area contributed by atoms with Crippen LogP contribution in [0, 0.1) is 5.92 Å². The van der Waals surface area contributed by atoms with Gasteiger partial charge in [-0.15, -0.1) is 0 Å². The lowest BCUT2D eigenvalue weighted by atomic mass is 10.1. The van der Waals surface area contributed by atoms with Crippen LogP contribution in [0.15, 0.2) is 48.7 Å². The molecule has 1 N–H and O–H groups in total. The van der Waals surface area contributed by atoms with Crippen LogP contribution in [0.4, 0.5) is 0 Å². The molecular formula is C18H23N3O2S. The topological polar surface area (TPSA) is 62.3 Å². The minimum Gasteiger partial charge on any atom is -0.299 e. The van der Waals surface area contributed by atoms with E-state index in [-0.39, 0.29) is 0 Å². The summed E-state index contributed by atoms with van der Waals surface area (Å²) in [5.41, 5.74) is 3.37. The molecule has 2 aromatic rings. The van der Waals surface area contributed by atoms with Gasteiger partial charge < -0.3 is 0 Å². The highest BCUT2D eigenvalue weighted by Crippen LogP contribution is 2.21. The molecule has 1 fully saturated rings. The Hall–Kier alpha value is -1.76. The van der Waals surface area contributed by atoms with E-state index in [0.29, 0.717) is 12.5 Å². The molecule has 5 nitrogen and oxygen atoms in total. The Labute approximate surface area is 143 Å². The smallest absolute Gasteiger partial charge is 0.208 e. The zero-order chi connectivity index (χ0) is 17.0. The van der Waals surface area contributed by atoms with Gasteiger partial charge in [-0.3, -0.25) is 9.88 Å². The molecule has 0 aliphatic carbocycles. The number of benzene rings is 1. The lowest BCUT2D eigenvalue weighted by Crippen LogP contribution is -2.30. The van der Waals surface area contributed by atoms with Crippen molar-refractivity contribution in [2.45, 2.75) is 13.0 Å². The fraction of sp³-hybridized carbons (Fsp3) is 0.389. The first-order valence-electron chi connectivity index (χ1n) is 8.17. The summed E-state index contributed by atoms with van der Waals surface area (Å²) < 4.78 is 25.0. The SMILES string of the molecule is CS(=O)(=O)NCC1CCN(Cc2ccc(-c3ccccn3)cc2)C1. The maximum absolute atomic E-state index is 11.2. The zero-order valence-electron chi connectivity index (χ0n) is 13.9. The monoisotopic (exact) mass is 345 g/mol. The molecule has 2 heterocycles. The number of rotatable bonds is 6. The standard InChI is InChI=1S/C18H23N3O2S/c1-24(22,23)20-12-16-9-11-21(14-16)13-15-5-7-17(8-6-15)18-4-2-3-10-19-18/h2-8,10,16,20H,9,11-14H2,1H3. The van der Waals surface area contributed by atoms with E-state index in [9.17, 15) is 8.42 Å². The van der Waals surface area contributed by atoms with Gasteiger partial charge in [0.05, 0.1) is 11.9 Å². The first kappa shape index (κ1) is 17.1. The second kappa shape index (κ2) is 7.42. The number of hydrogen-bond donors (Lipinski definition) is 1. The molecule has 1 atom stereocenters. The van der Waals surface area contributed by atoms with Crippen molar-refractivity contribution in [1.29, 1.82) is 0 Å². The van der Waals surface area contributed by atoms with Gasteiger partial charge in [0.15, 0.2) is 0 Å². The Morgan fingerprint density at radius 2 is 2.00 bits per heavy atom. The predicted octanol–water partition coefficient (Wildman–Crippen LogP) is 2.12. The summed E-state index contributed by atoms with van der Waals surface area (Å²) in [5.74, 6) is 0.396.